The molecule has 0 amide bonds. The minimum Gasteiger partial charge on any atom is -0.396 e. The van der Waals surface area contributed by atoms with E-state index in [0.29, 0.717) is 40.4 Å². The molecule has 140 valence electrons. The van der Waals surface area contributed by atoms with Gasteiger partial charge in [-0.25, -0.2) is 0 Å². The molecule has 2 saturated heterocycles. The van der Waals surface area contributed by atoms with Crippen LogP contribution in [0.1, 0.15) is 17.7 Å². The molecule has 26 heavy (non-hydrogen) atoms. The van der Waals surface area contributed by atoms with Crippen LogP contribution in [0.25, 0.3) is 11.3 Å². The summed E-state index contributed by atoms with van der Waals surface area (Å²) in [4.78, 5) is 2.35. The second-order valence-electron chi connectivity index (χ2n) is 7.39. The molecule has 3 heterocycles. The largest absolute Gasteiger partial charge is 0.396 e. The first-order valence-corrected chi connectivity index (χ1v) is 9.60. The Labute approximate surface area is 162 Å². The molecule has 0 spiro atoms. The van der Waals surface area contributed by atoms with Gasteiger partial charge in [-0.1, -0.05) is 34.4 Å². The average Bonchev–Trinajstić information content (AvgIpc) is 3.17. The van der Waals surface area contributed by atoms with Crippen LogP contribution in [0.5, 0.6) is 0 Å². The van der Waals surface area contributed by atoms with E-state index in [1.54, 1.807) is 12.1 Å². The van der Waals surface area contributed by atoms with Gasteiger partial charge in [-0.2, -0.15) is 0 Å². The second-order valence-corrected chi connectivity index (χ2v) is 8.21. The molecule has 0 bridgehead atoms. The van der Waals surface area contributed by atoms with Crippen molar-refractivity contribution in [3.05, 3.63) is 39.6 Å². The maximum atomic E-state index is 9.98. The molecule has 2 aliphatic rings. The van der Waals surface area contributed by atoms with Gasteiger partial charge in [0.15, 0.2) is 0 Å². The summed E-state index contributed by atoms with van der Waals surface area (Å²) in [6, 6.07) is 5.43. The number of nitrogens with zero attached hydrogens (tertiary/aromatic N) is 2. The molecule has 0 radical (unpaired) electrons. The predicted octanol–water partition coefficient (Wildman–Crippen LogP) is 3.79. The molecule has 2 aliphatic heterocycles. The number of rotatable bonds is 4. The van der Waals surface area contributed by atoms with E-state index >= 15 is 0 Å². The van der Waals surface area contributed by atoms with E-state index < -0.39 is 0 Å². The van der Waals surface area contributed by atoms with Crippen molar-refractivity contribution in [3.63, 3.8) is 0 Å². The zero-order valence-corrected chi connectivity index (χ0v) is 16.2. The van der Waals surface area contributed by atoms with Crippen LogP contribution in [-0.2, 0) is 11.3 Å². The molecule has 2 fully saturated rings. The van der Waals surface area contributed by atoms with Crippen LogP contribution in [0.2, 0.25) is 10.0 Å². The van der Waals surface area contributed by atoms with Crippen molar-refractivity contribution in [1.82, 2.24) is 10.1 Å². The molecule has 0 aliphatic carbocycles. The van der Waals surface area contributed by atoms with Gasteiger partial charge in [-0.05, 0) is 31.4 Å². The number of ether oxygens (including phenoxy) is 1. The van der Waals surface area contributed by atoms with Crippen LogP contribution in [0.3, 0.4) is 0 Å². The van der Waals surface area contributed by atoms with Crippen molar-refractivity contribution in [1.29, 1.82) is 0 Å². The zero-order valence-electron chi connectivity index (χ0n) is 14.7. The Hall–Kier alpha value is -1.11. The van der Waals surface area contributed by atoms with Crippen LogP contribution < -0.4 is 0 Å². The highest BCUT2D eigenvalue weighted by Crippen LogP contribution is 2.43. The Bertz CT molecular complexity index is 790. The van der Waals surface area contributed by atoms with Gasteiger partial charge in [0.05, 0.1) is 23.3 Å². The van der Waals surface area contributed by atoms with Gasteiger partial charge in [-0.3, -0.25) is 4.90 Å². The van der Waals surface area contributed by atoms with Crippen LogP contribution in [-0.4, -0.2) is 48.1 Å². The van der Waals surface area contributed by atoms with Gasteiger partial charge in [0.1, 0.15) is 11.5 Å². The number of benzene rings is 1. The zero-order chi connectivity index (χ0) is 18.3. The normalized spacial score (nSPS) is 26.2. The fourth-order valence-electron chi connectivity index (χ4n) is 4.27. The minimum absolute atomic E-state index is 0.153. The van der Waals surface area contributed by atoms with E-state index in [9.17, 15) is 5.11 Å². The van der Waals surface area contributed by atoms with Crippen LogP contribution in [0.15, 0.2) is 22.7 Å². The molecule has 0 unspecified atom stereocenters. The summed E-state index contributed by atoms with van der Waals surface area (Å²) >= 11 is 12.8. The summed E-state index contributed by atoms with van der Waals surface area (Å²) in [7, 11) is 0. The van der Waals surface area contributed by atoms with E-state index in [2.05, 4.69) is 10.1 Å². The van der Waals surface area contributed by atoms with Gasteiger partial charge in [0, 0.05) is 42.8 Å². The van der Waals surface area contributed by atoms with Crippen molar-refractivity contribution in [2.75, 3.05) is 32.9 Å². The number of aliphatic hydroxyl groups is 1. The summed E-state index contributed by atoms with van der Waals surface area (Å²) in [6.45, 7) is 5.87. The molecule has 2 aromatic rings. The number of aryl methyl sites for hydroxylation is 1. The van der Waals surface area contributed by atoms with Crippen LogP contribution in [0, 0.1) is 18.3 Å². The number of hydrogen-bond acceptors (Lipinski definition) is 5. The summed E-state index contributed by atoms with van der Waals surface area (Å²) < 4.78 is 11.1. The van der Waals surface area contributed by atoms with Gasteiger partial charge in [-0.15, -0.1) is 0 Å². The van der Waals surface area contributed by atoms with Gasteiger partial charge < -0.3 is 14.4 Å². The Balaban J connectivity index is 1.63. The summed E-state index contributed by atoms with van der Waals surface area (Å²) in [5, 5.41) is 15.3. The van der Waals surface area contributed by atoms with Gasteiger partial charge in [0.25, 0.3) is 0 Å². The van der Waals surface area contributed by atoms with Gasteiger partial charge in [0.2, 0.25) is 0 Å². The Morgan fingerprint density at radius 2 is 2.12 bits per heavy atom. The molecule has 0 saturated carbocycles. The highest BCUT2D eigenvalue weighted by molar-refractivity contribution is 6.39. The van der Waals surface area contributed by atoms with Crippen LogP contribution in [0.4, 0.5) is 0 Å². The number of likely N-dealkylation sites (tertiary alicyclic amines) is 1. The standard InChI is InChI=1S/C19H22Cl2N2O3/c1-12-14(18(22-26-12)17-15(20)3-2-4-16(17)21)8-23-7-13-5-6-25-11-19(13,9-23)10-24/h2-4,13,24H,5-11H2,1H3/t13-,19+/m0/s1. The maximum Gasteiger partial charge on any atom is 0.138 e. The molecule has 1 N–H and O–H groups in total. The molecule has 5 nitrogen and oxygen atoms in total. The summed E-state index contributed by atoms with van der Waals surface area (Å²) in [5.74, 6) is 1.22. The third-order valence-corrected chi connectivity index (χ3v) is 6.39. The van der Waals surface area contributed by atoms with E-state index in [1.165, 1.54) is 0 Å². The fourth-order valence-corrected chi connectivity index (χ4v) is 4.85. The van der Waals surface area contributed by atoms with E-state index in [1.807, 2.05) is 13.0 Å². The third-order valence-electron chi connectivity index (χ3n) is 5.76. The molecular formula is C19H22Cl2N2O3. The van der Waals surface area contributed by atoms with E-state index in [0.717, 1.165) is 37.4 Å². The van der Waals surface area contributed by atoms with Gasteiger partial charge >= 0.3 is 0 Å². The predicted molar refractivity (Wildman–Crippen MR) is 100 cm³/mol. The van der Waals surface area contributed by atoms with Crippen molar-refractivity contribution < 1.29 is 14.4 Å². The molecular weight excluding hydrogens is 375 g/mol. The molecule has 1 aromatic heterocycles. The first-order valence-electron chi connectivity index (χ1n) is 8.84. The first-order chi connectivity index (χ1) is 12.5. The number of fused-ring (bicyclic) bond motifs is 1. The lowest BCUT2D eigenvalue weighted by atomic mass is 9.76. The molecule has 7 heteroatoms. The summed E-state index contributed by atoms with van der Waals surface area (Å²) in [5.41, 5.74) is 2.24. The van der Waals surface area contributed by atoms with Crippen molar-refractivity contribution in [3.8, 4) is 11.3 Å². The lowest BCUT2D eigenvalue weighted by Gasteiger charge is -2.36. The van der Waals surface area contributed by atoms with E-state index in [-0.39, 0.29) is 12.0 Å². The molecule has 1 aromatic carbocycles. The summed E-state index contributed by atoms with van der Waals surface area (Å²) in [6.07, 6.45) is 0.989. The fraction of sp³-hybridized carbons (Fsp3) is 0.526. The Morgan fingerprint density at radius 1 is 1.35 bits per heavy atom. The number of aromatic nitrogens is 1. The third kappa shape index (κ3) is 3.06. The smallest absolute Gasteiger partial charge is 0.138 e. The lowest BCUT2D eigenvalue weighted by Crippen LogP contribution is -2.42. The van der Waals surface area contributed by atoms with E-state index in [4.69, 9.17) is 32.5 Å². The van der Waals surface area contributed by atoms with Crippen molar-refractivity contribution >= 4 is 23.2 Å². The quantitative estimate of drug-likeness (QED) is 0.851. The maximum absolute atomic E-state index is 9.98. The minimum atomic E-state index is -0.161. The number of halogens is 2. The van der Waals surface area contributed by atoms with Crippen LogP contribution >= 0.6 is 23.2 Å². The SMILES string of the molecule is Cc1onc(-c2c(Cl)cccc2Cl)c1CN1C[C@@H]2CCOC[C@]2(CO)C1. The monoisotopic (exact) mass is 396 g/mol. The Kier molecular flexibility index (Phi) is 5.01. The Morgan fingerprint density at radius 3 is 2.81 bits per heavy atom. The highest BCUT2D eigenvalue weighted by Gasteiger charge is 2.48. The van der Waals surface area contributed by atoms with Crippen molar-refractivity contribution in [2.45, 2.75) is 19.9 Å². The average molecular weight is 397 g/mol. The first kappa shape index (κ1) is 18.3. The number of hydrogen-bond donors (Lipinski definition) is 1. The van der Waals surface area contributed by atoms with Crippen molar-refractivity contribution in [2.24, 2.45) is 11.3 Å². The molecule has 4 rings (SSSR count). The topological polar surface area (TPSA) is 58.7 Å². The molecule has 2 atom stereocenters. The lowest BCUT2D eigenvalue weighted by molar-refractivity contribution is -0.0561. The second kappa shape index (κ2) is 7.13. The number of aliphatic hydroxyl groups excluding tert-OH is 1. The highest BCUT2D eigenvalue weighted by atomic mass is 35.5.